The number of carboxylic acid groups (broad SMARTS) is 1. The molecule has 0 bridgehead atoms. The summed E-state index contributed by atoms with van der Waals surface area (Å²) in [5.41, 5.74) is 0.602. The number of benzene rings is 1. The van der Waals surface area contributed by atoms with Crippen LogP contribution < -0.4 is 10.6 Å². The van der Waals surface area contributed by atoms with E-state index in [0.29, 0.717) is 17.5 Å². The lowest BCUT2D eigenvalue weighted by molar-refractivity contribution is -0.142. The van der Waals surface area contributed by atoms with E-state index in [-0.39, 0.29) is 24.8 Å². The molecule has 7 heteroatoms. The maximum atomic E-state index is 13.3. The van der Waals surface area contributed by atoms with Gasteiger partial charge in [0, 0.05) is 18.9 Å². The Morgan fingerprint density at radius 2 is 1.71 bits per heavy atom. The van der Waals surface area contributed by atoms with Crippen LogP contribution in [0.1, 0.15) is 50.3 Å². The fourth-order valence-corrected chi connectivity index (χ4v) is 2.17. The summed E-state index contributed by atoms with van der Waals surface area (Å²) in [7, 11) is 0. The zero-order valence-corrected chi connectivity index (χ0v) is 14.1. The minimum Gasteiger partial charge on any atom is -0.479 e. The zero-order chi connectivity index (χ0) is 18.3. The molecule has 0 saturated heterocycles. The largest absolute Gasteiger partial charge is 0.479 e. The quantitative estimate of drug-likeness (QED) is 0.676. The van der Waals surface area contributed by atoms with Crippen molar-refractivity contribution < 1.29 is 23.9 Å². The first-order valence-corrected chi connectivity index (χ1v) is 7.78. The molecule has 1 aromatic carbocycles. The molecule has 24 heavy (non-hydrogen) atoms. The molecule has 0 fully saturated rings. The second-order valence-electron chi connectivity index (χ2n) is 5.92. The Morgan fingerprint density at radius 1 is 1.12 bits per heavy atom. The van der Waals surface area contributed by atoms with Crippen molar-refractivity contribution in [1.29, 1.82) is 0 Å². The average molecular weight is 338 g/mol. The number of hydrogen-bond acceptors (Lipinski definition) is 3. The fraction of sp³-hybridized carbons (Fsp3) is 0.471. The van der Waals surface area contributed by atoms with Gasteiger partial charge in [-0.25, -0.2) is 9.18 Å². The van der Waals surface area contributed by atoms with Gasteiger partial charge in [-0.1, -0.05) is 12.1 Å². The Labute approximate surface area is 140 Å². The van der Waals surface area contributed by atoms with Crippen LogP contribution in [0.3, 0.4) is 0 Å². The van der Waals surface area contributed by atoms with Crippen LogP contribution >= 0.6 is 0 Å². The minimum atomic E-state index is -1.25. The number of halogens is 1. The third-order valence-electron chi connectivity index (χ3n) is 3.32. The first kappa shape index (κ1) is 19.6. The van der Waals surface area contributed by atoms with Gasteiger partial charge in [0.15, 0.2) is 6.04 Å². The van der Waals surface area contributed by atoms with E-state index < -0.39 is 23.7 Å². The van der Waals surface area contributed by atoms with Gasteiger partial charge < -0.3 is 15.7 Å². The number of carboxylic acids is 1. The predicted molar refractivity (Wildman–Crippen MR) is 86.8 cm³/mol. The number of carbonyl (C=O) groups is 3. The van der Waals surface area contributed by atoms with Crippen LogP contribution in [-0.2, 0) is 14.4 Å². The summed E-state index contributed by atoms with van der Waals surface area (Å²) in [5, 5.41) is 14.4. The van der Waals surface area contributed by atoms with Crippen molar-refractivity contribution in [2.24, 2.45) is 0 Å². The monoisotopic (exact) mass is 338 g/mol. The molecule has 3 N–H and O–H groups in total. The van der Waals surface area contributed by atoms with Crippen LogP contribution in [0, 0.1) is 12.7 Å². The number of aryl methyl sites for hydroxylation is 1. The van der Waals surface area contributed by atoms with Gasteiger partial charge in [0.2, 0.25) is 11.8 Å². The Bertz CT molecular complexity index is 617. The molecule has 6 nitrogen and oxygen atoms in total. The lowest BCUT2D eigenvalue weighted by atomic mass is 10.0. The number of carbonyl (C=O) groups excluding carboxylic acids is 2. The number of hydrogen-bond donors (Lipinski definition) is 3. The lowest BCUT2D eigenvalue weighted by Gasteiger charge is -2.16. The molecule has 2 amide bonds. The van der Waals surface area contributed by atoms with Gasteiger partial charge in [0.25, 0.3) is 0 Å². The van der Waals surface area contributed by atoms with E-state index in [1.807, 2.05) is 13.8 Å². The number of nitrogens with one attached hydrogen (secondary N) is 2. The highest BCUT2D eigenvalue weighted by Gasteiger charge is 2.22. The second-order valence-corrected chi connectivity index (χ2v) is 5.92. The summed E-state index contributed by atoms with van der Waals surface area (Å²) in [6.07, 6.45) is 0.549. The molecule has 0 aliphatic carbocycles. The summed E-state index contributed by atoms with van der Waals surface area (Å²) < 4.78 is 13.3. The van der Waals surface area contributed by atoms with Crippen LogP contribution in [0.25, 0.3) is 0 Å². The summed E-state index contributed by atoms with van der Waals surface area (Å²) in [5.74, 6) is -2.29. The molecule has 1 rings (SSSR count). The van der Waals surface area contributed by atoms with Crippen molar-refractivity contribution in [2.45, 2.75) is 52.1 Å². The summed E-state index contributed by atoms with van der Waals surface area (Å²) in [6.45, 7) is 5.20. The Kier molecular flexibility index (Phi) is 7.35. The molecule has 1 aromatic rings. The van der Waals surface area contributed by atoms with Crippen LogP contribution in [-0.4, -0.2) is 28.9 Å². The number of rotatable bonds is 8. The van der Waals surface area contributed by atoms with Gasteiger partial charge in [-0.3, -0.25) is 9.59 Å². The molecule has 132 valence electrons. The molecule has 1 atom stereocenters. The van der Waals surface area contributed by atoms with E-state index in [9.17, 15) is 23.9 Å². The SMILES string of the molecule is Cc1cc(C(NC(=O)CCCC(=O)NC(C)C)C(=O)O)ccc1F. The molecule has 0 aromatic heterocycles. The smallest absolute Gasteiger partial charge is 0.330 e. The predicted octanol–water partition coefficient (Wildman–Crippen LogP) is 2.07. The van der Waals surface area contributed by atoms with Crippen molar-refractivity contribution in [3.05, 3.63) is 35.1 Å². The molecule has 0 aliphatic rings. The van der Waals surface area contributed by atoms with Gasteiger partial charge >= 0.3 is 5.97 Å². The Morgan fingerprint density at radius 3 is 2.21 bits per heavy atom. The summed E-state index contributed by atoms with van der Waals surface area (Å²) in [6, 6.07) is 2.68. The fourth-order valence-electron chi connectivity index (χ4n) is 2.17. The molecular formula is C17H23FN2O4. The van der Waals surface area contributed by atoms with E-state index in [4.69, 9.17) is 0 Å². The van der Waals surface area contributed by atoms with Gasteiger partial charge in [-0.15, -0.1) is 0 Å². The van der Waals surface area contributed by atoms with Crippen LogP contribution in [0.4, 0.5) is 4.39 Å². The van der Waals surface area contributed by atoms with Crippen molar-refractivity contribution in [3.63, 3.8) is 0 Å². The highest BCUT2D eigenvalue weighted by molar-refractivity contribution is 5.85. The van der Waals surface area contributed by atoms with Gasteiger partial charge in [-0.2, -0.15) is 0 Å². The van der Waals surface area contributed by atoms with Gasteiger partial charge in [0.1, 0.15) is 5.82 Å². The van der Waals surface area contributed by atoms with E-state index in [0.717, 1.165) is 0 Å². The average Bonchev–Trinajstić information content (AvgIpc) is 2.46. The Hall–Kier alpha value is -2.44. The van der Waals surface area contributed by atoms with Crippen LogP contribution in [0.15, 0.2) is 18.2 Å². The molecular weight excluding hydrogens is 315 g/mol. The van der Waals surface area contributed by atoms with Crippen molar-refractivity contribution in [2.75, 3.05) is 0 Å². The molecule has 0 spiro atoms. The molecule has 0 saturated carbocycles. The van der Waals surface area contributed by atoms with Gasteiger partial charge in [-0.05, 0) is 44.4 Å². The normalized spacial score (nSPS) is 11.9. The molecule has 0 aliphatic heterocycles. The highest BCUT2D eigenvalue weighted by Crippen LogP contribution is 2.17. The topological polar surface area (TPSA) is 95.5 Å². The highest BCUT2D eigenvalue weighted by atomic mass is 19.1. The van der Waals surface area contributed by atoms with E-state index in [1.165, 1.54) is 25.1 Å². The minimum absolute atomic E-state index is 0.0319. The maximum Gasteiger partial charge on any atom is 0.330 e. The maximum absolute atomic E-state index is 13.3. The standard InChI is InChI=1S/C17H23FN2O4/c1-10(2)19-14(21)5-4-6-15(22)20-16(17(23)24)12-7-8-13(18)11(3)9-12/h7-10,16H,4-6H2,1-3H3,(H,19,21)(H,20,22)(H,23,24). The number of amides is 2. The zero-order valence-electron chi connectivity index (χ0n) is 14.1. The van der Waals surface area contributed by atoms with E-state index in [2.05, 4.69) is 10.6 Å². The first-order valence-electron chi connectivity index (χ1n) is 7.78. The van der Waals surface area contributed by atoms with Crippen LogP contribution in [0.5, 0.6) is 0 Å². The number of aliphatic carboxylic acids is 1. The van der Waals surface area contributed by atoms with E-state index >= 15 is 0 Å². The third kappa shape index (κ3) is 6.36. The second kappa shape index (κ2) is 9.00. The molecule has 1 unspecified atom stereocenters. The lowest BCUT2D eigenvalue weighted by Crippen LogP contribution is -2.34. The van der Waals surface area contributed by atoms with Crippen molar-refractivity contribution in [3.8, 4) is 0 Å². The molecule has 0 radical (unpaired) electrons. The summed E-state index contributed by atoms with van der Waals surface area (Å²) in [4.78, 5) is 34.8. The van der Waals surface area contributed by atoms with Gasteiger partial charge in [0.05, 0.1) is 0 Å². The molecule has 0 heterocycles. The van der Waals surface area contributed by atoms with Crippen LogP contribution in [0.2, 0.25) is 0 Å². The third-order valence-corrected chi connectivity index (χ3v) is 3.32. The first-order chi connectivity index (χ1) is 11.2. The summed E-state index contributed by atoms with van der Waals surface area (Å²) >= 11 is 0. The van der Waals surface area contributed by atoms with Crippen molar-refractivity contribution >= 4 is 17.8 Å². The Balaban J connectivity index is 2.59. The van der Waals surface area contributed by atoms with Crippen molar-refractivity contribution in [1.82, 2.24) is 10.6 Å². The van der Waals surface area contributed by atoms with E-state index in [1.54, 1.807) is 0 Å².